The van der Waals surface area contributed by atoms with Gasteiger partial charge in [-0.1, -0.05) is 29.8 Å². The van der Waals surface area contributed by atoms with E-state index in [1.165, 1.54) is 0 Å². The van der Waals surface area contributed by atoms with Crippen molar-refractivity contribution in [3.63, 3.8) is 0 Å². The second kappa shape index (κ2) is 4.18. The van der Waals surface area contributed by atoms with Crippen LogP contribution >= 0.6 is 11.6 Å². The zero-order valence-corrected chi connectivity index (χ0v) is 10.1. The van der Waals surface area contributed by atoms with Crippen LogP contribution in [-0.4, -0.2) is 9.78 Å². The van der Waals surface area contributed by atoms with Crippen LogP contribution in [0.5, 0.6) is 0 Å². The van der Waals surface area contributed by atoms with E-state index in [4.69, 9.17) is 17.3 Å². The first kappa shape index (κ1) is 11.0. The monoisotopic (exact) mass is 235 g/mol. The third-order valence-electron chi connectivity index (χ3n) is 2.61. The van der Waals surface area contributed by atoms with Gasteiger partial charge in [-0.3, -0.25) is 0 Å². The van der Waals surface area contributed by atoms with E-state index >= 15 is 0 Å². The molecule has 0 spiro atoms. The van der Waals surface area contributed by atoms with Gasteiger partial charge in [-0.2, -0.15) is 5.10 Å². The van der Waals surface area contributed by atoms with Crippen LogP contribution < -0.4 is 5.73 Å². The molecule has 2 N–H and O–H groups in total. The van der Waals surface area contributed by atoms with Crippen molar-refractivity contribution in [1.82, 2.24) is 9.78 Å². The van der Waals surface area contributed by atoms with Crippen molar-refractivity contribution in [1.29, 1.82) is 0 Å². The summed E-state index contributed by atoms with van der Waals surface area (Å²) in [7, 11) is 0. The van der Waals surface area contributed by atoms with E-state index in [9.17, 15) is 0 Å². The lowest BCUT2D eigenvalue weighted by Crippen LogP contribution is -2.11. The summed E-state index contributed by atoms with van der Waals surface area (Å²) in [6, 6.07) is 9.64. The Labute approximate surface area is 99.8 Å². The molecule has 0 saturated carbocycles. The van der Waals surface area contributed by atoms with E-state index in [2.05, 4.69) is 5.10 Å². The van der Waals surface area contributed by atoms with Gasteiger partial charge < -0.3 is 5.73 Å². The summed E-state index contributed by atoms with van der Waals surface area (Å²) in [6.07, 6.45) is 0. The number of nitrogens with two attached hydrogens (primary N) is 1. The Bertz CT molecular complexity index is 505. The normalized spacial score (nSPS) is 12.7. The van der Waals surface area contributed by atoms with Gasteiger partial charge in [0.15, 0.2) is 0 Å². The average molecular weight is 236 g/mol. The predicted molar refractivity (Wildman–Crippen MR) is 66.6 cm³/mol. The Morgan fingerprint density at radius 3 is 2.62 bits per heavy atom. The maximum atomic E-state index is 6.15. The second-order valence-electron chi connectivity index (χ2n) is 3.85. The molecule has 2 aromatic rings. The highest BCUT2D eigenvalue weighted by atomic mass is 35.5. The quantitative estimate of drug-likeness (QED) is 0.870. The van der Waals surface area contributed by atoms with Gasteiger partial charge in [0.25, 0.3) is 0 Å². The Balaban J connectivity index is 2.43. The summed E-state index contributed by atoms with van der Waals surface area (Å²) in [5.41, 5.74) is 7.83. The van der Waals surface area contributed by atoms with Gasteiger partial charge in [0.2, 0.25) is 0 Å². The van der Waals surface area contributed by atoms with Gasteiger partial charge in [-0.05, 0) is 25.5 Å². The molecular weight excluding hydrogens is 222 g/mol. The summed E-state index contributed by atoms with van der Waals surface area (Å²) in [4.78, 5) is 0. The van der Waals surface area contributed by atoms with Crippen LogP contribution in [0.1, 0.15) is 24.2 Å². The van der Waals surface area contributed by atoms with Crippen molar-refractivity contribution in [3.8, 4) is 0 Å². The van der Waals surface area contributed by atoms with E-state index in [-0.39, 0.29) is 6.04 Å². The molecule has 0 bridgehead atoms. The summed E-state index contributed by atoms with van der Waals surface area (Å²) in [6.45, 7) is 3.95. The fourth-order valence-electron chi connectivity index (χ4n) is 1.79. The number of aromatic nitrogens is 2. The molecule has 1 heterocycles. The van der Waals surface area contributed by atoms with Crippen LogP contribution in [0.3, 0.4) is 0 Å². The maximum Gasteiger partial charge on any atom is 0.122 e. The average Bonchev–Trinajstić information content (AvgIpc) is 2.58. The van der Waals surface area contributed by atoms with E-state index in [0.717, 1.165) is 16.3 Å². The lowest BCUT2D eigenvalue weighted by molar-refractivity contribution is 0.569. The summed E-state index contributed by atoms with van der Waals surface area (Å²) in [5.74, 6) is 0.657. The van der Waals surface area contributed by atoms with E-state index in [1.54, 1.807) is 4.68 Å². The molecule has 0 fully saturated rings. The largest absolute Gasteiger partial charge is 0.384 e. The molecule has 2 rings (SSSR count). The minimum atomic E-state index is 0.0439. The molecule has 84 valence electrons. The highest BCUT2D eigenvalue weighted by molar-refractivity contribution is 6.31. The number of rotatable bonds is 2. The maximum absolute atomic E-state index is 6.15. The first-order valence-electron chi connectivity index (χ1n) is 5.15. The first-order chi connectivity index (χ1) is 7.59. The topological polar surface area (TPSA) is 43.8 Å². The molecule has 16 heavy (non-hydrogen) atoms. The van der Waals surface area contributed by atoms with Crippen LogP contribution in [0, 0.1) is 6.92 Å². The van der Waals surface area contributed by atoms with Crippen molar-refractivity contribution in [2.24, 2.45) is 0 Å². The number of hydrogen-bond acceptors (Lipinski definition) is 2. The molecule has 0 aliphatic carbocycles. The van der Waals surface area contributed by atoms with Crippen molar-refractivity contribution >= 4 is 17.4 Å². The van der Waals surface area contributed by atoms with Crippen molar-refractivity contribution < 1.29 is 0 Å². The van der Waals surface area contributed by atoms with Crippen molar-refractivity contribution in [2.75, 3.05) is 5.73 Å². The third-order valence-corrected chi connectivity index (χ3v) is 2.95. The van der Waals surface area contributed by atoms with Crippen molar-refractivity contribution in [3.05, 3.63) is 46.6 Å². The van der Waals surface area contributed by atoms with Crippen LogP contribution in [-0.2, 0) is 0 Å². The predicted octanol–water partition coefficient (Wildman–Crippen LogP) is 3.04. The van der Waals surface area contributed by atoms with Crippen molar-refractivity contribution in [2.45, 2.75) is 19.9 Å². The molecule has 3 nitrogen and oxygen atoms in total. The van der Waals surface area contributed by atoms with Gasteiger partial charge in [0, 0.05) is 11.1 Å². The number of nitrogen functional groups attached to an aromatic ring is 1. The van der Waals surface area contributed by atoms with E-state index < -0.39 is 0 Å². The third kappa shape index (κ3) is 1.91. The molecule has 1 aromatic carbocycles. The molecule has 0 saturated heterocycles. The van der Waals surface area contributed by atoms with Gasteiger partial charge >= 0.3 is 0 Å². The fourth-order valence-corrected chi connectivity index (χ4v) is 2.09. The molecule has 0 amide bonds. The van der Waals surface area contributed by atoms with Gasteiger partial charge in [-0.25, -0.2) is 4.68 Å². The Hall–Kier alpha value is -1.48. The van der Waals surface area contributed by atoms with E-state index in [1.807, 2.05) is 44.2 Å². The number of nitrogens with zero attached hydrogens (tertiary/aromatic N) is 2. The molecule has 1 atom stereocenters. The Kier molecular flexibility index (Phi) is 2.88. The number of benzene rings is 1. The summed E-state index contributed by atoms with van der Waals surface area (Å²) < 4.78 is 1.79. The first-order valence-corrected chi connectivity index (χ1v) is 5.53. The zero-order valence-electron chi connectivity index (χ0n) is 9.31. The smallest absolute Gasteiger partial charge is 0.122 e. The van der Waals surface area contributed by atoms with Gasteiger partial charge in [0.05, 0.1) is 11.7 Å². The van der Waals surface area contributed by atoms with E-state index in [0.29, 0.717) is 5.82 Å². The molecule has 0 aliphatic rings. The van der Waals surface area contributed by atoms with Crippen LogP contribution in [0.15, 0.2) is 30.3 Å². The number of hydrogen-bond donors (Lipinski definition) is 1. The van der Waals surface area contributed by atoms with Gasteiger partial charge in [-0.15, -0.1) is 0 Å². The lowest BCUT2D eigenvalue weighted by atomic mass is 10.1. The standard InChI is InChI=1S/C12H14ClN3/c1-8-7-12(14)16(15-8)9(2)10-5-3-4-6-11(10)13/h3-7,9H,14H2,1-2H3. The summed E-state index contributed by atoms with van der Waals surface area (Å²) in [5, 5.41) is 5.10. The van der Waals surface area contributed by atoms with Crippen LogP contribution in [0.25, 0.3) is 0 Å². The summed E-state index contributed by atoms with van der Waals surface area (Å²) >= 11 is 6.15. The van der Waals surface area contributed by atoms with Crippen LogP contribution in [0.4, 0.5) is 5.82 Å². The van der Waals surface area contributed by atoms with Crippen LogP contribution in [0.2, 0.25) is 5.02 Å². The molecule has 1 unspecified atom stereocenters. The minimum absolute atomic E-state index is 0.0439. The molecular formula is C12H14ClN3. The highest BCUT2D eigenvalue weighted by Gasteiger charge is 2.14. The highest BCUT2D eigenvalue weighted by Crippen LogP contribution is 2.26. The molecule has 0 radical (unpaired) electrons. The molecule has 0 aliphatic heterocycles. The minimum Gasteiger partial charge on any atom is -0.384 e. The number of aryl methyl sites for hydroxylation is 1. The SMILES string of the molecule is Cc1cc(N)n(C(C)c2ccccc2Cl)n1. The second-order valence-corrected chi connectivity index (χ2v) is 4.26. The Morgan fingerprint density at radius 1 is 1.38 bits per heavy atom. The molecule has 1 aromatic heterocycles. The fraction of sp³-hybridized carbons (Fsp3) is 0.250. The molecule has 4 heteroatoms. The Morgan fingerprint density at radius 2 is 2.06 bits per heavy atom. The number of halogens is 1. The lowest BCUT2D eigenvalue weighted by Gasteiger charge is -2.15. The zero-order chi connectivity index (χ0) is 11.7. The number of anilines is 1. The van der Waals surface area contributed by atoms with Gasteiger partial charge in [0.1, 0.15) is 5.82 Å².